The average Bonchev–Trinajstić information content (AvgIpc) is 2.37. The SMILES string of the molecule is Cc1ccc(COc2cc(Br)ccc2C(C)N)c(Cl)c1. The fraction of sp³-hybridized carbons (Fsp3) is 0.250. The molecule has 0 saturated heterocycles. The van der Waals surface area contributed by atoms with Crippen molar-refractivity contribution >= 4 is 27.5 Å². The topological polar surface area (TPSA) is 35.2 Å². The van der Waals surface area contributed by atoms with Gasteiger partial charge in [0.1, 0.15) is 12.4 Å². The summed E-state index contributed by atoms with van der Waals surface area (Å²) >= 11 is 9.66. The third kappa shape index (κ3) is 3.75. The Morgan fingerprint density at radius 3 is 2.65 bits per heavy atom. The van der Waals surface area contributed by atoms with Crippen LogP contribution in [0, 0.1) is 6.92 Å². The molecular weight excluding hydrogens is 338 g/mol. The van der Waals surface area contributed by atoms with Crippen molar-refractivity contribution in [2.24, 2.45) is 5.73 Å². The highest BCUT2D eigenvalue weighted by molar-refractivity contribution is 9.10. The first-order valence-electron chi connectivity index (χ1n) is 6.40. The van der Waals surface area contributed by atoms with Gasteiger partial charge in [0, 0.05) is 26.7 Å². The van der Waals surface area contributed by atoms with Gasteiger partial charge in [-0.05, 0) is 37.6 Å². The second kappa shape index (κ2) is 6.61. The van der Waals surface area contributed by atoms with Crippen molar-refractivity contribution in [3.63, 3.8) is 0 Å². The zero-order valence-electron chi connectivity index (χ0n) is 11.5. The minimum atomic E-state index is -0.0772. The second-order valence-corrected chi connectivity index (χ2v) is 6.18. The lowest BCUT2D eigenvalue weighted by atomic mass is 10.1. The van der Waals surface area contributed by atoms with Crippen LogP contribution in [0.25, 0.3) is 0 Å². The van der Waals surface area contributed by atoms with Gasteiger partial charge >= 0.3 is 0 Å². The number of hydrogen-bond donors (Lipinski definition) is 1. The number of nitrogens with two attached hydrogens (primary N) is 1. The maximum atomic E-state index is 6.22. The molecule has 0 spiro atoms. The predicted molar refractivity (Wildman–Crippen MR) is 87.3 cm³/mol. The first-order chi connectivity index (χ1) is 9.47. The van der Waals surface area contributed by atoms with Crippen LogP contribution < -0.4 is 10.5 Å². The van der Waals surface area contributed by atoms with Crippen molar-refractivity contribution < 1.29 is 4.74 Å². The average molecular weight is 355 g/mol. The fourth-order valence-electron chi connectivity index (χ4n) is 1.93. The molecule has 0 aliphatic carbocycles. The van der Waals surface area contributed by atoms with Crippen molar-refractivity contribution in [3.8, 4) is 5.75 Å². The van der Waals surface area contributed by atoms with E-state index in [1.165, 1.54) is 0 Å². The van der Waals surface area contributed by atoms with E-state index in [0.29, 0.717) is 6.61 Å². The summed E-state index contributed by atoms with van der Waals surface area (Å²) in [6, 6.07) is 11.7. The Kier molecular flexibility index (Phi) is 5.08. The molecule has 0 saturated carbocycles. The standard InChI is InChI=1S/C16H17BrClNO/c1-10-3-4-12(15(18)7-10)9-20-16-8-13(17)5-6-14(16)11(2)19/h3-8,11H,9,19H2,1-2H3. The summed E-state index contributed by atoms with van der Waals surface area (Å²) in [5.41, 5.74) is 9.05. The first-order valence-corrected chi connectivity index (χ1v) is 7.57. The van der Waals surface area contributed by atoms with Crippen molar-refractivity contribution in [2.45, 2.75) is 26.5 Å². The minimum Gasteiger partial charge on any atom is -0.488 e. The van der Waals surface area contributed by atoms with Crippen LogP contribution in [-0.4, -0.2) is 0 Å². The quantitative estimate of drug-likeness (QED) is 0.837. The van der Waals surface area contributed by atoms with E-state index >= 15 is 0 Å². The highest BCUT2D eigenvalue weighted by Crippen LogP contribution is 2.29. The molecule has 106 valence electrons. The monoisotopic (exact) mass is 353 g/mol. The summed E-state index contributed by atoms with van der Waals surface area (Å²) in [5.74, 6) is 0.783. The van der Waals surface area contributed by atoms with E-state index in [9.17, 15) is 0 Å². The molecule has 2 aromatic carbocycles. The Balaban J connectivity index is 2.20. The van der Waals surface area contributed by atoms with Crippen LogP contribution >= 0.6 is 27.5 Å². The summed E-state index contributed by atoms with van der Waals surface area (Å²) < 4.78 is 6.86. The van der Waals surface area contributed by atoms with Crippen LogP contribution in [0.4, 0.5) is 0 Å². The van der Waals surface area contributed by atoms with Gasteiger partial charge in [0.05, 0.1) is 0 Å². The maximum Gasteiger partial charge on any atom is 0.125 e. The molecule has 2 aromatic rings. The lowest BCUT2D eigenvalue weighted by molar-refractivity contribution is 0.301. The Morgan fingerprint density at radius 2 is 2.00 bits per heavy atom. The molecule has 0 bridgehead atoms. The lowest BCUT2D eigenvalue weighted by Gasteiger charge is -2.15. The van der Waals surface area contributed by atoms with Crippen molar-refractivity contribution in [2.75, 3.05) is 0 Å². The zero-order chi connectivity index (χ0) is 14.7. The van der Waals surface area contributed by atoms with Crippen LogP contribution in [0.3, 0.4) is 0 Å². The molecule has 2 nitrogen and oxygen atoms in total. The third-order valence-electron chi connectivity index (χ3n) is 3.06. The molecule has 0 fully saturated rings. The largest absolute Gasteiger partial charge is 0.488 e. The highest BCUT2D eigenvalue weighted by Gasteiger charge is 2.10. The van der Waals surface area contributed by atoms with E-state index < -0.39 is 0 Å². The molecular formula is C16H17BrClNO. The number of rotatable bonds is 4. The van der Waals surface area contributed by atoms with Gasteiger partial charge in [-0.15, -0.1) is 0 Å². The van der Waals surface area contributed by atoms with Crippen molar-refractivity contribution in [1.29, 1.82) is 0 Å². The number of aryl methyl sites for hydroxylation is 1. The molecule has 1 unspecified atom stereocenters. The predicted octanol–water partition coefficient (Wildman–Crippen LogP) is 5.01. The molecule has 0 aromatic heterocycles. The summed E-state index contributed by atoms with van der Waals surface area (Å²) in [6.45, 7) is 4.38. The van der Waals surface area contributed by atoms with E-state index in [0.717, 1.165) is 31.9 Å². The summed E-state index contributed by atoms with van der Waals surface area (Å²) in [7, 11) is 0. The molecule has 20 heavy (non-hydrogen) atoms. The van der Waals surface area contributed by atoms with E-state index in [1.54, 1.807) is 0 Å². The number of hydrogen-bond acceptors (Lipinski definition) is 2. The third-order valence-corrected chi connectivity index (χ3v) is 3.90. The van der Waals surface area contributed by atoms with Crippen LogP contribution in [0.5, 0.6) is 5.75 Å². The van der Waals surface area contributed by atoms with Crippen molar-refractivity contribution in [1.82, 2.24) is 0 Å². The van der Waals surface area contributed by atoms with Gasteiger partial charge in [-0.3, -0.25) is 0 Å². The van der Waals surface area contributed by atoms with Gasteiger partial charge in [-0.25, -0.2) is 0 Å². The van der Waals surface area contributed by atoms with E-state index in [1.807, 2.05) is 50.2 Å². The number of ether oxygens (including phenoxy) is 1. The van der Waals surface area contributed by atoms with Gasteiger partial charge in [0.2, 0.25) is 0 Å². The van der Waals surface area contributed by atoms with E-state index in [-0.39, 0.29) is 6.04 Å². The molecule has 4 heteroatoms. The molecule has 0 amide bonds. The lowest BCUT2D eigenvalue weighted by Crippen LogP contribution is -2.08. The Labute approximate surface area is 133 Å². The van der Waals surface area contributed by atoms with Gasteiger partial charge in [0.15, 0.2) is 0 Å². The summed E-state index contributed by atoms with van der Waals surface area (Å²) in [5, 5.41) is 0.724. The molecule has 0 aliphatic heterocycles. The molecule has 2 rings (SSSR count). The smallest absolute Gasteiger partial charge is 0.125 e. The molecule has 0 aliphatic rings. The number of benzene rings is 2. The molecule has 1 atom stereocenters. The van der Waals surface area contributed by atoms with Crippen LogP contribution in [-0.2, 0) is 6.61 Å². The molecule has 2 N–H and O–H groups in total. The van der Waals surface area contributed by atoms with Crippen molar-refractivity contribution in [3.05, 3.63) is 62.6 Å². The van der Waals surface area contributed by atoms with Gasteiger partial charge in [-0.1, -0.05) is 45.7 Å². The maximum absolute atomic E-state index is 6.22. The Bertz CT molecular complexity index is 613. The van der Waals surface area contributed by atoms with Gasteiger partial charge < -0.3 is 10.5 Å². The first kappa shape index (κ1) is 15.4. The van der Waals surface area contributed by atoms with E-state index in [2.05, 4.69) is 15.9 Å². The van der Waals surface area contributed by atoms with Crippen LogP contribution in [0.1, 0.15) is 29.7 Å². The van der Waals surface area contributed by atoms with Crippen LogP contribution in [0.2, 0.25) is 5.02 Å². The highest BCUT2D eigenvalue weighted by atomic mass is 79.9. The zero-order valence-corrected chi connectivity index (χ0v) is 13.8. The fourth-order valence-corrected chi connectivity index (χ4v) is 2.56. The van der Waals surface area contributed by atoms with Gasteiger partial charge in [-0.2, -0.15) is 0 Å². The van der Waals surface area contributed by atoms with Crippen LogP contribution in [0.15, 0.2) is 40.9 Å². The Morgan fingerprint density at radius 1 is 1.25 bits per heavy atom. The number of halogens is 2. The van der Waals surface area contributed by atoms with Gasteiger partial charge in [0.25, 0.3) is 0 Å². The summed E-state index contributed by atoms with van der Waals surface area (Å²) in [6.07, 6.45) is 0. The molecule has 0 heterocycles. The minimum absolute atomic E-state index is 0.0772. The van der Waals surface area contributed by atoms with E-state index in [4.69, 9.17) is 22.1 Å². The Hall–Kier alpha value is -1.03. The molecule has 0 radical (unpaired) electrons. The normalized spacial score (nSPS) is 12.2. The summed E-state index contributed by atoms with van der Waals surface area (Å²) in [4.78, 5) is 0. The second-order valence-electron chi connectivity index (χ2n) is 4.85.